The lowest BCUT2D eigenvalue weighted by atomic mass is 10.1. The lowest BCUT2D eigenvalue weighted by molar-refractivity contribution is 0.392. The fourth-order valence-corrected chi connectivity index (χ4v) is 2.02. The van der Waals surface area contributed by atoms with E-state index in [4.69, 9.17) is 4.52 Å². The molecule has 2 aromatic rings. The van der Waals surface area contributed by atoms with Crippen molar-refractivity contribution in [2.45, 2.75) is 32.9 Å². The molecule has 0 unspecified atom stereocenters. The van der Waals surface area contributed by atoms with Crippen LogP contribution in [0.25, 0.3) is 11.3 Å². The Morgan fingerprint density at radius 3 is 2.67 bits per heavy atom. The molecule has 0 aliphatic carbocycles. The zero-order valence-corrected chi connectivity index (χ0v) is 12.4. The minimum atomic E-state index is 0.0758. The zero-order valence-electron chi connectivity index (χ0n) is 10.8. The molecule has 1 heterocycles. The largest absolute Gasteiger partial charge is 0.356 e. The second-order valence-corrected chi connectivity index (χ2v) is 6.12. The Morgan fingerprint density at radius 2 is 2.00 bits per heavy atom. The van der Waals surface area contributed by atoms with Crippen LogP contribution in [-0.2, 0) is 6.54 Å². The summed E-state index contributed by atoms with van der Waals surface area (Å²) < 4.78 is 6.39. The molecule has 0 saturated carbocycles. The fraction of sp³-hybridized carbons (Fsp3) is 0.357. The molecule has 0 bridgehead atoms. The van der Waals surface area contributed by atoms with Crippen LogP contribution in [-0.4, -0.2) is 10.7 Å². The quantitative estimate of drug-likeness (QED) is 0.931. The Balaban J connectivity index is 2.14. The fourth-order valence-electron chi connectivity index (χ4n) is 1.54. The zero-order chi connectivity index (χ0) is 13.2. The van der Waals surface area contributed by atoms with Gasteiger partial charge in [0, 0.05) is 28.2 Å². The number of benzene rings is 1. The van der Waals surface area contributed by atoms with Crippen LogP contribution in [0.1, 0.15) is 26.5 Å². The first-order chi connectivity index (χ1) is 8.46. The van der Waals surface area contributed by atoms with Crippen LogP contribution >= 0.6 is 15.9 Å². The van der Waals surface area contributed by atoms with Crippen molar-refractivity contribution in [1.29, 1.82) is 0 Å². The average Bonchev–Trinajstić information content (AvgIpc) is 2.75. The van der Waals surface area contributed by atoms with Gasteiger partial charge in [-0.05, 0) is 32.9 Å². The van der Waals surface area contributed by atoms with Crippen LogP contribution in [0.2, 0.25) is 0 Å². The standard InChI is InChI=1S/C14H17BrN2O/c1-14(2,3)16-9-10-8-13(18-17-10)11-6-4-5-7-12(11)15/h4-8,16H,9H2,1-3H3. The van der Waals surface area contributed by atoms with E-state index < -0.39 is 0 Å². The maximum atomic E-state index is 5.38. The predicted molar refractivity (Wildman–Crippen MR) is 76.2 cm³/mol. The summed E-state index contributed by atoms with van der Waals surface area (Å²) in [5.74, 6) is 0.785. The number of rotatable bonds is 3. The summed E-state index contributed by atoms with van der Waals surface area (Å²) in [6.45, 7) is 7.09. The van der Waals surface area contributed by atoms with Gasteiger partial charge in [-0.2, -0.15) is 0 Å². The van der Waals surface area contributed by atoms with Crippen molar-refractivity contribution in [1.82, 2.24) is 10.5 Å². The number of nitrogens with one attached hydrogen (secondary N) is 1. The molecular formula is C14H17BrN2O. The summed E-state index contributed by atoms with van der Waals surface area (Å²) in [7, 11) is 0. The van der Waals surface area contributed by atoms with Crippen molar-refractivity contribution in [3.05, 3.63) is 40.5 Å². The maximum Gasteiger partial charge on any atom is 0.168 e. The summed E-state index contributed by atoms with van der Waals surface area (Å²) in [4.78, 5) is 0. The highest BCUT2D eigenvalue weighted by atomic mass is 79.9. The maximum absolute atomic E-state index is 5.38. The molecular weight excluding hydrogens is 292 g/mol. The number of nitrogens with zero attached hydrogens (tertiary/aromatic N) is 1. The molecule has 0 fully saturated rings. The van der Waals surface area contributed by atoms with E-state index in [1.807, 2.05) is 30.3 Å². The van der Waals surface area contributed by atoms with E-state index in [9.17, 15) is 0 Å². The van der Waals surface area contributed by atoms with Crippen LogP contribution in [0.5, 0.6) is 0 Å². The van der Waals surface area contributed by atoms with Gasteiger partial charge in [0.05, 0.1) is 5.69 Å². The summed E-state index contributed by atoms with van der Waals surface area (Å²) in [6.07, 6.45) is 0. The van der Waals surface area contributed by atoms with Gasteiger partial charge in [-0.25, -0.2) is 0 Å². The molecule has 0 atom stereocenters. The Labute approximate surface area is 116 Å². The number of halogens is 1. The van der Waals surface area contributed by atoms with Crippen molar-refractivity contribution in [2.24, 2.45) is 0 Å². The average molecular weight is 309 g/mol. The van der Waals surface area contributed by atoms with E-state index in [1.54, 1.807) is 0 Å². The molecule has 1 aromatic carbocycles. The molecule has 0 saturated heterocycles. The minimum Gasteiger partial charge on any atom is -0.356 e. The minimum absolute atomic E-state index is 0.0758. The number of hydrogen-bond acceptors (Lipinski definition) is 3. The van der Waals surface area contributed by atoms with Crippen LogP contribution in [0.3, 0.4) is 0 Å². The summed E-state index contributed by atoms with van der Waals surface area (Å²) in [5, 5.41) is 7.46. The molecule has 3 nitrogen and oxygen atoms in total. The van der Waals surface area contributed by atoms with Crippen molar-refractivity contribution < 1.29 is 4.52 Å². The van der Waals surface area contributed by atoms with E-state index >= 15 is 0 Å². The molecule has 0 aliphatic rings. The van der Waals surface area contributed by atoms with Gasteiger partial charge in [0.25, 0.3) is 0 Å². The normalized spacial score (nSPS) is 11.8. The van der Waals surface area contributed by atoms with Crippen LogP contribution in [0.4, 0.5) is 0 Å². The van der Waals surface area contributed by atoms with Crippen LogP contribution in [0, 0.1) is 0 Å². The van der Waals surface area contributed by atoms with Gasteiger partial charge in [0.15, 0.2) is 5.76 Å². The van der Waals surface area contributed by atoms with Crippen molar-refractivity contribution in [3.63, 3.8) is 0 Å². The Kier molecular flexibility index (Phi) is 3.88. The molecule has 1 N–H and O–H groups in total. The summed E-state index contributed by atoms with van der Waals surface area (Å²) >= 11 is 3.51. The van der Waals surface area contributed by atoms with Gasteiger partial charge in [-0.3, -0.25) is 0 Å². The predicted octanol–water partition coefficient (Wildman–Crippen LogP) is 3.99. The smallest absolute Gasteiger partial charge is 0.168 e. The SMILES string of the molecule is CC(C)(C)NCc1cc(-c2ccccc2Br)on1. The topological polar surface area (TPSA) is 38.1 Å². The van der Waals surface area contributed by atoms with E-state index in [-0.39, 0.29) is 5.54 Å². The highest BCUT2D eigenvalue weighted by Crippen LogP contribution is 2.28. The molecule has 0 radical (unpaired) electrons. The lowest BCUT2D eigenvalue weighted by Gasteiger charge is -2.19. The molecule has 0 amide bonds. The van der Waals surface area contributed by atoms with Crippen molar-refractivity contribution >= 4 is 15.9 Å². The third-order valence-corrected chi connectivity index (χ3v) is 3.19. The van der Waals surface area contributed by atoms with Crippen molar-refractivity contribution in [2.75, 3.05) is 0 Å². The third kappa shape index (κ3) is 3.43. The van der Waals surface area contributed by atoms with E-state index in [1.165, 1.54) is 0 Å². The number of hydrogen-bond donors (Lipinski definition) is 1. The Morgan fingerprint density at radius 1 is 1.28 bits per heavy atom. The molecule has 4 heteroatoms. The molecule has 96 valence electrons. The highest BCUT2D eigenvalue weighted by molar-refractivity contribution is 9.10. The first-order valence-electron chi connectivity index (χ1n) is 5.91. The van der Waals surface area contributed by atoms with Gasteiger partial charge in [0.1, 0.15) is 0 Å². The number of aromatic nitrogens is 1. The van der Waals surface area contributed by atoms with E-state index in [0.29, 0.717) is 6.54 Å². The molecule has 0 spiro atoms. The van der Waals surface area contributed by atoms with Gasteiger partial charge < -0.3 is 9.84 Å². The Bertz CT molecular complexity index is 529. The second-order valence-electron chi connectivity index (χ2n) is 5.27. The first-order valence-corrected chi connectivity index (χ1v) is 6.70. The molecule has 1 aromatic heterocycles. The van der Waals surface area contributed by atoms with Gasteiger partial charge in [0.2, 0.25) is 0 Å². The van der Waals surface area contributed by atoms with Gasteiger partial charge in [-0.15, -0.1) is 0 Å². The first kappa shape index (κ1) is 13.3. The van der Waals surface area contributed by atoms with E-state index in [0.717, 1.165) is 21.5 Å². The summed E-state index contributed by atoms with van der Waals surface area (Å²) in [6, 6.07) is 9.93. The summed E-state index contributed by atoms with van der Waals surface area (Å²) in [5.41, 5.74) is 2.01. The molecule has 0 aliphatic heterocycles. The van der Waals surface area contributed by atoms with Gasteiger partial charge >= 0.3 is 0 Å². The van der Waals surface area contributed by atoms with Crippen LogP contribution in [0.15, 0.2) is 39.3 Å². The molecule has 18 heavy (non-hydrogen) atoms. The third-order valence-electron chi connectivity index (χ3n) is 2.50. The molecule has 2 rings (SSSR count). The lowest BCUT2D eigenvalue weighted by Crippen LogP contribution is -2.35. The Hall–Kier alpha value is -1.13. The monoisotopic (exact) mass is 308 g/mol. The van der Waals surface area contributed by atoms with E-state index in [2.05, 4.69) is 47.2 Å². The van der Waals surface area contributed by atoms with Crippen molar-refractivity contribution in [3.8, 4) is 11.3 Å². The second kappa shape index (κ2) is 5.24. The van der Waals surface area contributed by atoms with Crippen LogP contribution < -0.4 is 5.32 Å². The highest BCUT2D eigenvalue weighted by Gasteiger charge is 2.12. The van der Waals surface area contributed by atoms with Gasteiger partial charge in [-0.1, -0.05) is 33.2 Å².